The van der Waals surface area contributed by atoms with Crippen LogP contribution in [0.5, 0.6) is 0 Å². The van der Waals surface area contributed by atoms with Crippen LogP contribution in [0.3, 0.4) is 0 Å². The van der Waals surface area contributed by atoms with Crippen molar-refractivity contribution in [3.8, 4) is 0 Å². The number of aliphatic hydroxyl groups excluding tert-OH is 1. The highest BCUT2D eigenvalue weighted by Crippen LogP contribution is 2.43. The molecule has 0 bridgehead atoms. The number of alkyl halides is 2. The van der Waals surface area contributed by atoms with Crippen LogP contribution in [0.25, 0.3) is 22.3 Å². The molecule has 0 amide bonds. The molecule has 0 aromatic carbocycles. The lowest BCUT2D eigenvalue weighted by molar-refractivity contribution is -0.0487. The smallest absolute Gasteiger partial charge is 0.394 e. The number of hydrogen-bond acceptors (Lipinski definition) is 15. The van der Waals surface area contributed by atoms with Crippen molar-refractivity contribution in [3.05, 3.63) is 29.3 Å². The summed E-state index contributed by atoms with van der Waals surface area (Å²) in [6.45, 7) is -0.887. The summed E-state index contributed by atoms with van der Waals surface area (Å²) in [4.78, 5) is 34.7. The van der Waals surface area contributed by atoms with E-state index in [1.165, 1.54) is 28.1 Å². The molecule has 10 atom stereocenters. The van der Waals surface area contributed by atoms with Crippen LogP contribution in [0.4, 0.5) is 20.5 Å². The van der Waals surface area contributed by atoms with Crippen molar-refractivity contribution >= 4 is 73.3 Å². The molecule has 4 aromatic heterocycles. The Kier molecular flexibility index (Phi) is 8.80. The van der Waals surface area contributed by atoms with E-state index in [4.69, 9.17) is 46.3 Å². The SMILES string of the molecule is Nc1nc2c(ncn2[C@@H]2O[C@H](CO)[C@@H](F)[C@H]2OPOCC2O[C@@H](n3cnc4c(N)ncnc43)[C@@H](F)[C@@H]2O[P+](=S)S)c(=O)[nH]1. The highest BCUT2D eigenvalue weighted by molar-refractivity contribution is 8.54. The first kappa shape index (κ1) is 30.4. The van der Waals surface area contributed by atoms with Gasteiger partial charge in [-0.1, -0.05) is 0 Å². The first-order chi connectivity index (χ1) is 20.7. The van der Waals surface area contributed by atoms with E-state index < -0.39 is 76.5 Å². The van der Waals surface area contributed by atoms with E-state index in [0.717, 1.165) is 0 Å². The monoisotopic (exact) mass is 679 g/mol. The molecule has 23 heteroatoms. The zero-order valence-electron chi connectivity index (χ0n) is 21.5. The van der Waals surface area contributed by atoms with Crippen LogP contribution in [0.2, 0.25) is 0 Å². The molecule has 2 aliphatic rings. The summed E-state index contributed by atoms with van der Waals surface area (Å²) < 4.78 is 62.1. The van der Waals surface area contributed by atoms with Gasteiger partial charge in [0.25, 0.3) is 5.56 Å². The topological polar surface area (TPSA) is 226 Å². The van der Waals surface area contributed by atoms with Crippen molar-refractivity contribution in [2.75, 3.05) is 24.7 Å². The molecule has 0 radical (unpaired) electrons. The standard InChI is InChI=1S/C20H22F2N10O7P2S2/c21-8-6(1-33)36-19(32-5-28-11-16(32)29-20(24)30-17(11)34)13(8)38-40-35-2-7-12(39-41(42)43)9(22)18(37-7)31-4-27-10-14(23)25-3-26-15(10)31/h3-9,12-13,18-19,33,40H,1-2H2,(H5-,23,24,25,26,29,30,34,42,43)/p+1/t6-,7?,8-,9+,12-,13-,18-,19-/m1/s1. The summed E-state index contributed by atoms with van der Waals surface area (Å²) in [5.74, 6) is -0.0667. The van der Waals surface area contributed by atoms with Crippen LogP contribution >= 0.6 is 27.4 Å². The second-order valence-electron chi connectivity index (χ2n) is 9.34. The highest BCUT2D eigenvalue weighted by atomic mass is 32.9. The van der Waals surface area contributed by atoms with Gasteiger partial charge in [-0.25, -0.2) is 28.7 Å². The Hall–Kier alpha value is -2.58. The molecule has 43 heavy (non-hydrogen) atoms. The van der Waals surface area contributed by atoms with Gasteiger partial charge in [-0.15, -0.1) is 4.52 Å². The summed E-state index contributed by atoms with van der Waals surface area (Å²) in [6, 6.07) is 0. The lowest BCUT2D eigenvalue weighted by atomic mass is 10.1. The molecule has 4 aromatic rings. The number of hydrogen-bond donors (Lipinski definition) is 5. The van der Waals surface area contributed by atoms with Crippen LogP contribution in [0.15, 0.2) is 23.8 Å². The fraction of sp³-hybridized carbons (Fsp3) is 0.500. The van der Waals surface area contributed by atoms with Crippen molar-refractivity contribution < 1.29 is 36.9 Å². The van der Waals surface area contributed by atoms with E-state index in [-0.39, 0.29) is 40.7 Å². The summed E-state index contributed by atoms with van der Waals surface area (Å²) >= 11 is 9.15. The number of fused-ring (bicyclic) bond motifs is 2. The molecule has 0 aliphatic carbocycles. The number of anilines is 2. The number of nitrogens with zero attached hydrogens (tertiary/aromatic N) is 7. The maximum Gasteiger partial charge on any atom is 0.411 e. The van der Waals surface area contributed by atoms with E-state index in [0.29, 0.717) is 0 Å². The third-order valence-corrected chi connectivity index (χ3v) is 8.42. The third-order valence-electron chi connectivity index (χ3n) is 6.80. The first-order valence-corrected chi connectivity index (χ1v) is 16.6. The number of aromatic nitrogens is 8. The third kappa shape index (κ3) is 5.70. The lowest BCUT2D eigenvalue weighted by Crippen LogP contribution is -2.32. The molecule has 6 rings (SSSR count). The second-order valence-corrected chi connectivity index (χ2v) is 13.6. The zero-order valence-corrected chi connectivity index (χ0v) is 25.1. The number of aliphatic hydroxyl groups is 1. The minimum Gasteiger partial charge on any atom is -0.394 e. The Morgan fingerprint density at radius 3 is 2.53 bits per heavy atom. The maximum absolute atomic E-state index is 15.7. The van der Waals surface area contributed by atoms with Gasteiger partial charge in [0.05, 0.1) is 25.9 Å². The number of nitrogen functional groups attached to an aromatic ring is 2. The largest absolute Gasteiger partial charge is 0.411 e. The van der Waals surface area contributed by atoms with Gasteiger partial charge in [0.1, 0.15) is 42.4 Å². The van der Waals surface area contributed by atoms with Gasteiger partial charge in [-0.2, -0.15) is 4.98 Å². The molecule has 2 aliphatic heterocycles. The molecule has 6 heterocycles. The van der Waals surface area contributed by atoms with Gasteiger partial charge in [0.15, 0.2) is 62.6 Å². The number of ether oxygens (including phenoxy) is 2. The molecular weight excluding hydrogens is 656 g/mol. The number of aromatic amines is 1. The first-order valence-electron chi connectivity index (χ1n) is 12.4. The summed E-state index contributed by atoms with van der Waals surface area (Å²) in [5.41, 5.74) is 11.4. The Balaban J connectivity index is 1.16. The zero-order chi connectivity index (χ0) is 30.4. The quantitative estimate of drug-likeness (QED) is 0.0878. The van der Waals surface area contributed by atoms with Crippen LogP contribution in [-0.4, -0.2) is 94.1 Å². The Morgan fingerprint density at radius 1 is 1.07 bits per heavy atom. The van der Waals surface area contributed by atoms with Gasteiger partial charge in [-0.05, 0) is 0 Å². The Bertz CT molecular complexity index is 1720. The molecule has 230 valence electrons. The summed E-state index contributed by atoms with van der Waals surface area (Å²) in [6.07, 6.45) is -8.56. The van der Waals surface area contributed by atoms with E-state index >= 15 is 8.78 Å². The number of imidazole rings is 2. The summed E-state index contributed by atoms with van der Waals surface area (Å²) in [7, 11) is -0.795. The number of halogens is 2. The Morgan fingerprint density at radius 2 is 1.79 bits per heavy atom. The van der Waals surface area contributed by atoms with Gasteiger partial charge < -0.3 is 35.1 Å². The van der Waals surface area contributed by atoms with E-state index in [9.17, 15) is 9.90 Å². The summed E-state index contributed by atoms with van der Waals surface area (Å²) in [5, 5.41) is 9.63. The maximum atomic E-state index is 15.7. The average Bonchev–Trinajstić information content (AvgIpc) is 3.72. The molecule has 2 saturated heterocycles. The van der Waals surface area contributed by atoms with E-state index in [1.54, 1.807) is 0 Å². The van der Waals surface area contributed by atoms with Gasteiger partial charge in [0.2, 0.25) is 17.8 Å². The molecule has 0 spiro atoms. The molecular formula is C20H23F2N10O7P2S2+. The molecule has 17 nitrogen and oxygen atoms in total. The predicted octanol–water partition coefficient (Wildman–Crippen LogP) is 0.586. The van der Waals surface area contributed by atoms with E-state index in [1.807, 2.05) is 0 Å². The van der Waals surface area contributed by atoms with Gasteiger partial charge in [-0.3, -0.25) is 18.9 Å². The highest BCUT2D eigenvalue weighted by Gasteiger charge is 2.51. The predicted molar refractivity (Wildman–Crippen MR) is 154 cm³/mol. The minimum absolute atomic E-state index is 0.0282. The fourth-order valence-corrected chi connectivity index (χ4v) is 6.61. The lowest BCUT2D eigenvalue weighted by Gasteiger charge is -2.21. The van der Waals surface area contributed by atoms with Crippen LogP contribution in [-0.2, 0) is 34.9 Å². The fourth-order valence-electron chi connectivity index (χ4n) is 4.86. The molecule has 6 N–H and O–H groups in total. The van der Waals surface area contributed by atoms with Crippen molar-refractivity contribution in [1.29, 1.82) is 0 Å². The minimum atomic E-state index is -1.79. The van der Waals surface area contributed by atoms with Crippen molar-refractivity contribution in [2.24, 2.45) is 0 Å². The van der Waals surface area contributed by atoms with Crippen LogP contribution in [0.1, 0.15) is 12.5 Å². The van der Waals surface area contributed by atoms with Crippen LogP contribution in [0, 0.1) is 0 Å². The normalized spacial score (nSPS) is 29.9. The van der Waals surface area contributed by atoms with Crippen LogP contribution < -0.4 is 17.0 Å². The molecule has 3 unspecified atom stereocenters. The van der Waals surface area contributed by atoms with Gasteiger partial charge >= 0.3 is 6.13 Å². The number of thiol groups is 1. The van der Waals surface area contributed by atoms with Gasteiger partial charge in [0, 0.05) is 0 Å². The number of nitrogens with one attached hydrogen (secondary N) is 1. The van der Waals surface area contributed by atoms with E-state index in [2.05, 4.69) is 42.2 Å². The second kappa shape index (κ2) is 12.4. The van der Waals surface area contributed by atoms with Crippen molar-refractivity contribution in [2.45, 2.75) is 49.2 Å². The number of nitrogens with two attached hydrogens (primary N) is 2. The number of H-pyrrole nitrogens is 1. The van der Waals surface area contributed by atoms with Crippen molar-refractivity contribution in [3.63, 3.8) is 0 Å². The van der Waals surface area contributed by atoms with Crippen molar-refractivity contribution in [1.82, 2.24) is 39.0 Å². The molecule has 0 saturated carbocycles. The Labute approximate surface area is 252 Å². The average molecular weight is 680 g/mol. The molecule has 2 fully saturated rings. The number of rotatable bonds is 10.